The van der Waals surface area contributed by atoms with Crippen LogP contribution >= 0.6 is 43.6 Å². The SMILES string of the molecule is N#Cc1ccc(Sc2ccc(Br)cc2)c(F)c1Br. The number of halogens is 3. The largest absolute Gasteiger partial charge is 0.204 e. The van der Waals surface area contributed by atoms with Crippen LogP contribution in [0.2, 0.25) is 0 Å². The van der Waals surface area contributed by atoms with Gasteiger partial charge in [-0.3, -0.25) is 0 Å². The minimum Gasteiger partial charge on any atom is -0.204 e. The maximum atomic E-state index is 14.0. The number of nitriles is 1. The molecule has 90 valence electrons. The summed E-state index contributed by atoms with van der Waals surface area (Å²) in [5, 5.41) is 8.80. The molecule has 2 aromatic carbocycles. The predicted molar refractivity (Wildman–Crippen MR) is 77.1 cm³/mol. The molecule has 0 bridgehead atoms. The van der Waals surface area contributed by atoms with Gasteiger partial charge in [0.2, 0.25) is 0 Å². The van der Waals surface area contributed by atoms with Crippen molar-refractivity contribution in [3.8, 4) is 6.07 Å². The Kier molecular flexibility index (Phi) is 4.44. The Morgan fingerprint density at radius 3 is 2.33 bits per heavy atom. The van der Waals surface area contributed by atoms with E-state index in [-0.39, 0.29) is 4.47 Å². The Hall–Kier alpha value is -0.830. The average Bonchev–Trinajstić information content (AvgIpc) is 2.38. The summed E-state index contributed by atoms with van der Waals surface area (Å²) in [7, 11) is 0. The van der Waals surface area contributed by atoms with Crippen LogP contribution in [-0.4, -0.2) is 0 Å². The first-order chi connectivity index (χ1) is 8.61. The molecular formula is C13H6Br2FNS. The summed E-state index contributed by atoms with van der Waals surface area (Å²) in [6.45, 7) is 0. The number of benzene rings is 2. The van der Waals surface area contributed by atoms with Gasteiger partial charge in [0.25, 0.3) is 0 Å². The normalized spacial score (nSPS) is 10.1. The highest BCUT2D eigenvalue weighted by molar-refractivity contribution is 9.10. The van der Waals surface area contributed by atoms with Crippen molar-refractivity contribution in [2.75, 3.05) is 0 Å². The van der Waals surface area contributed by atoms with Crippen molar-refractivity contribution in [3.63, 3.8) is 0 Å². The van der Waals surface area contributed by atoms with Gasteiger partial charge in [0.05, 0.1) is 10.0 Å². The second kappa shape index (κ2) is 5.87. The standard InChI is InChI=1S/C13H6Br2FNS/c14-9-2-4-10(5-3-9)18-11-6-1-8(7-17)12(15)13(11)16/h1-6H. The highest BCUT2D eigenvalue weighted by Gasteiger charge is 2.12. The molecule has 0 N–H and O–H groups in total. The molecule has 0 aliphatic heterocycles. The van der Waals surface area contributed by atoms with Crippen molar-refractivity contribution in [2.45, 2.75) is 9.79 Å². The molecule has 0 radical (unpaired) electrons. The summed E-state index contributed by atoms with van der Waals surface area (Å²) in [5.41, 5.74) is 0.299. The molecule has 2 rings (SSSR count). The maximum Gasteiger partial charge on any atom is 0.152 e. The minimum atomic E-state index is -0.401. The van der Waals surface area contributed by atoms with Crippen LogP contribution in [0, 0.1) is 17.1 Å². The fraction of sp³-hybridized carbons (Fsp3) is 0. The first kappa shape index (κ1) is 13.6. The van der Waals surface area contributed by atoms with Crippen LogP contribution in [0.5, 0.6) is 0 Å². The Morgan fingerprint density at radius 1 is 1.06 bits per heavy atom. The van der Waals surface area contributed by atoms with Crippen LogP contribution in [-0.2, 0) is 0 Å². The zero-order chi connectivity index (χ0) is 13.1. The van der Waals surface area contributed by atoms with Gasteiger partial charge in [0.1, 0.15) is 6.07 Å². The fourth-order valence-electron chi connectivity index (χ4n) is 1.33. The smallest absolute Gasteiger partial charge is 0.152 e. The number of nitrogens with zero attached hydrogens (tertiary/aromatic N) is 1. The number of hydrogen-bond acceptors (Lipinski definition) is 2. The van der Waals surface area contributed by atoms with E-state index in [1.54, 1.807) is 12.1 Å². The monoisotopic (exact) mass is 385 g/mol. The summed E-state index contributed by atoms with van der Waals surface area (Å²) in [4.78, 5) is 1.43. The lowest BCUT2D eigenvalue weighted by molar-refractivity contribution is 0.594. The first-order valence-electron chi connectivity index (χ1n) is 4.93. The summed E-state index contributed by atoms with van der Waals surface area (Å²) >= 11 is 7.77. The summed E-state index contributed by atoms with van der Waals surface area (Å²) in [6.07, 6.45) is 0. The van der Waals surface area contributed by atoms with Crippen LogP contribution in [0.15, 0.2) is 55.1 Å². The molecule has 0 saturated carbocycles. The van der Waals surface area contributed by atoms with Crippen molar-refractivity contribution in [2.24, 2.45) is 0 Å². The summed E-state index contributed by atoms with van der Waals surface area (Å²) in [5.74, 6) is -0.401. The Balaban J connectivity index is 2.33. The zero-order valence-corrected chi connectivity index (χ0v) is 12.9. The van der Waals surface area contributed by atoms with Gasteiger partial charge >= 0.3 is 0 Å². The molecule has 1 nitrogen and oxygen atoms in total. The lowest BCUT2D eigenvalue weighted by Gasteiger charge is -2.06. The Bertz CT molecular complexity index is 620. The van der Waals surface area contributed by atoms with Gasteiger partial charge in [-0.15, -0.1) is 0 Å². The van der Waals surface area contributed by atoms with Gasteiger partial charge in [-0.1, -0.05) is 27.7 Å². The van der Waals surface area contributed by atoms with E-state index in [2.05, 4.69) is 31.9 Å². The van der Waals surface area contributed by atoms with Crippen molar-refractivity contribution >= 4 is 43.6 Å². The highest BCUT2D eigenvalue weighted by Crippen LogP contribution is 2.34. The van der Waals surface area contributed by atoms with Gasteiger partial charge < -0.3 is 0 Å². The van der Waals surface area contributed by atoms with Crippen LogP contribution < -0.4 is 0 Å². The number of rotatable bonds is 2. The topological polar surface area (TPSA) is 23.8 Å². The molecule has 0 spiro atoms. The van der Waals surface area contributed by atoms with Crippen molar-refractivity contribution < 1.29 is 4.39 Å². The lowest BCUT2D eigenvalue weighted by atomic mass is 10.2. The quantitative estimate of drug-likeness (QED) is 0.692. The second-order valence-corrected chi connectivity index (χ2v) is 6.23. The highest BCUT2D eigenvalue weighted by atomic mass is 79.9. The molecule has 0 unspecified atom stereocenters. The summed E-state index contributed by atoms with van der Waals surface area (Å²) in [6, 6.07) is 12.8. The van der Waals surface area contributed by atoms with E-state index in [1.165, 1.54) is 11.8 Å². The second-order valence-electron chi connectivity index (χ2n) is 3.41. The van der Waals surface area contributed by atoms with Crippen molar-refractivity contribution in [3.05, 3.63) is 56.7 Å². The van der Waals surface area contributed by atoms with Gasteiger partial charge in [-0.2, -0.15) is 5.26 Å². The molecule has 0 saturated heterocycles. The van der Waals surface area contributed by atoms with E-state index in [0.717, 1.165) is 9.37 Å². The lowest BCUT2D eigenvalue weighted by Crippen LogP contribution is -1.87. The molecule has 5 heteroatoms. The molecular weight excluding hydrogens is 381 g/mol. The third-order valence-electron chi connectivity index (χ3n) is 2.21. The van der Waals surface area contributed by atoms with Gasteiger partial charge in [-0.25, -0.2) is 4.39 Å². The first-order valence-corrected chi connectivity index (χ1v) is 7.33. The molecule has 0 aliphatic rings. The van der Waals surface area contributed by atoms with E-state index < -0.39 is 5.82 Å². The third kappa shape index (κ3) is 2.94. The molecule has 0 atom stereocenters. The van der Waals surface area contributed by atoms with Gasteiger partial charge in [0.15, 0.2) is 5.82 Å². The van der Waals surface area contributed by atoms with E-state index in [0.29, 0.717) is 10.5 Å². The number of hydrogen-bond donors (Lipinski definition) is 0. The fourth-order valence-corrected chi connectivity index (χ4v) is 3.01. The van der Waals surface area contributed by atoms with Gasteiger partial charge in [0, 0.05) is 14.3 Å². The molecule has 0 fully saturated rings. The van der Waals surface area contributed by atoms with Gasteiger partial charge in [-0.05, 0) is 52.3 Å². The van der Waals surface area contributed by atoms with Crippen LogP contribution in [0.1, 0.15) is 5.56 Å². The van der Waals surface area contributed by atoms with Crippen molar-refractivity contribution in [1.82, 2.24) is 0 Å². The zero-order valence-electron chi connectivity index (χ0n) is 8.95. The minimum absolute atomic E-state index is 0.215. The van der Waals surface area contributed by atoms with E-state index in [4.69, 9.17) is 5.26 Å². The van der Waals surface area contributed by atoms with Crippen molar-refractivity contribution in [1.29, 1.82) is 5.26 Å². The summed E-state index contributed by atoms with van der Waals surface area (Å²) < 4.78 is 15.2. The van der Waals surface area contributed by atoms with E-state index in [9.17, 15) is 4.39 Å². The molecule has 0 aromatic heterocycles. The average molecular weight is 387 g/mol. The predicted octanol–water partition coefficient (Wildman–Crippen LogP) is 5.37. The van der Waals surface area contributed by atoms with Crippen LogP contribution in [0.3, 0.4) is 0 Å². The molecule has 0 amide bonds. The third-order valence-corrected chi connectivity index (χ3v) is 4.56. The molecule has 18 heavy (non-hydrogen) atoms. The maximum absolute atomic E-state index is 14.0. The van der Waals surface area contributed by atoms with Crippen LogP contribution in [0.4, 0.5) is 4.39 Å². The Labute approximate surface area is 125 Å². The molecule has 2 aromatic rings. The van der Waals surface area contributed by atoms with E-state index in [1.807, 2.05) is 30.3 Å². The van der Waals surface area contributed by atoms with E-state index >= 15 is 0 Å². The molecule has 0 aliphatic carbocycles. The Morgan fingerprint density at radius 2 is 1.72 bits per heavy atom. The van der Waals surface area contributed by atoms with Crippen LogP contribution in [0.25, 0.3) is 0 Å². The molecule has 0 heterocycles.